The molecule has 1 saturated heterocycles. The van der Waals surface area contributed by atoms with Gasteiger partial charge in [-0.3, -0.25) is 9.59 Å². The molecule has 0 aromatic heterocycles. The minimum absolute atomic E-state index is 0.0977. The summed E-state index contributed by atoms with van der Waals surface area (Å²) in [4.78, 5) is 23.9. The maximum atomic E-state index is 12.5. The summed E-state index contributed by atoms with van der Waals surface area (Å²) in [5.41, 5.74) is 2.80. The van der Waals surface area contributed by atoms with Gasteiger partial charge in [0, 0.05) is 24.7 Å². The number of fused-ring (bicyclic) bond motifs is 4. The number of hydrogen-bond acceptors (Lipinski definition) is 3. The first-order valence-electron chi connectivity index (χ1n) is 7.32. The smallest absolute Gasteiger partial charge is 0.306 e. The van der Waals surface area contributed by atoms with Gasteiger partial charge in [0.25, 0.3) is 0 Å². The third kappa shape index (κ3) is 1.63. The van der Waals surface area contributed by atoms with E-state index < -0.39 is 0 Å². The molecule has 0 amide bonds. The predicted molar refractivity (Wildman–Crippen MR) is 69.2 cm³/mol. The number of allylic oxidation sites excluding steroid dienone is 4. The molecule has 0 radical (unpaired) electrons. The van der Waals surface area contributed by atoms with Crippen LogP contribution >= 0.6 is 0 Å². The second kappa shape index (κ2) is 4.06. The topological polar surface area (TPSA) is 43.4 Å². The number of hydrogen-bond donors (Lipinski definition) is 0. The van der Waals surface area contributed by atoms with Crippen LogP contribution in [0.15, 0.2) is 23.3 Å². The zero-order valence-electron chi connectivity index (χ0n) is 10.9. The fourth-order valence-electron chi connectivity index (χ4n) is 4.49. The molecule has 0 aromatic rings. The van der Waals surface area contributed by atoms with E-state index in [2.05, 4.69) is 12.2 Å². The summed E-state index contributed by atoms with van der Waals surface area (Å²) in [5.74, 6) is 1.17. The highest BCUT2D eigenvalue weighted by atomic mass is 16.5. The summed E-state index contributed by atoms with van der Waals surface area (Å²) in [6.07, 6.45) is 8.87. The highest BCUT2D eigenvalue weighted by molar-refractivity contribution is 5.87. The molecule has 1 aliphatic heterocycles. The quantitative estimate of drug-likeness (QED) is 0.627. The van der Waals surface area contributed by atoms with Gasteiger partial charge in [0.15, 0.2) is 0 Å². The Labute approximate surface area is 112 Å². The van der Waals surface area contributed by atoms with Gasteiger partial charge in [0.1, 0.15) is 5.78 Å². The SMILES string of the molecule is O=C1CC2CC(=O)C3C4=C(C=CC3C2CO1)CCC4. The van der Waals surface area contributed by atoms with E-state index in [1.807, 2.05) is 0 Å². The number of carbonyl (C=O) groups is 2. The van der Waals surface area contributed by atoms with Crippen molar-refractivity contribution < 1.29 is 14.3 Å². The Morgan fingerprint density at radius 3 is 2.95 bits per heavy atom. The molecule has 0 aromatic carbocycles. The van der Waals surface area contributed by atoms with Crippen molar-refractivity contribution in [1.29, 1.82) is 0 Å². The zero-order valence-corrected chi connectivity index (χ0v) is 10.9. The molecule has 1 saturated carbocycles. The van der Waals surface area contributed by atoms with Crippen LogP contribution in [0.1, 0.15) is 32.1 Å². The van der Waals surface area contributed by atoms with Crippen molar-refractivity contribution in [2.75, 3.05) is 6.61 Å². The van der Waals surface area contributed by atoms with Gasteiger partial charge in [-0.1, -0.05) is 17.7 Å². The summed E-state index contributed by atoms with van der Waals surface area (Å²) in [5, 5.41) is 0. The lowest BCUT2D eigenvalue weighted by molar-refractivity contribution is -0.158. The largest absolute Gasteiger partial charge is 0.465 e. The van der Waals surface area contributed by atoms with Gasteiger partial charge in [-0.05, 0) is 36.7 Å². The second-order valence-corrected chi connectivity index (χ2v) is 6.30. The van der Waals surface area contributed by atoms with Gasteiger partial charge in [0.05, 0.1) is 6.61 Å². The third-order valence-electron chi connectivity index (χ3n) is 5.36. The van der Waals surface area contributed by atoms with Crippen LogP contribution in [0.4, 0.5) is 0 Å². The standard InChI is InChI=1S/C16H18O3/c17-14-6-10-7-15(18)19-8-13(10)12-5-4-9-2-1-3-11(9)16(12)14/h4-5,10,12-13,16H,1-3,6-8H2. The van der Waals surface area contributed by atoms with Crippen molar-refractivity contribution in [2.45, 2.75) is 32.1 Å². The normalized spacial score (nSPS) is 40.6. The lowest BCUT2D eigenvalue weighted by Crippen LogP contribution is -2.46. The average molecular weight is 258 g/mol. The lowest BCUT2D eigenvalue weighted by atomic mass is 9.61. The van der Waals surface area contributed by atoms with E-state index >= 15 is 0 Å². The molecule has 0 N–H and O–H groups in total. The van der Waals surface area contributed by atoms with Crippen LogP contribution in [0, 0.1) is 23.7 Å². The number of cyclic esters (lactones) is 1. The monoisotopic (exact) mass is 258 g/mol. The molecule has 4 aliphatic rings. The zero-order chi connectivity index (χ0) is 13.0. The Morgan fingerprint density at radius 2 is 2.05 bits per heavy atom. The maximum absolute atomic E-state index is 12.5. The summed E-state index contributed by atoms with van der Waals surface area (Å²) in [6, 6.07) is 0. The third-order valence-corrected chi connectivity index (χ3v) is 5.36. The molecule has 3 nitrogen and oxygen atoms in total. The van der Waals surface area contributed by atoms with Crippen molar-refractivity contribution in [1.82, 2.24) is 0 Å². The molecule has 3 aliphatic carbocycles. The molecule has 0 bridgehead atoms. The van der Waals surface area contributed by atoms with Crippen molar-refractivity contribution in [3.05, 3.63) is 23.3 Å². The van der Waals surface area contributed by atoms with Crippen LogP contribution in [-0.2, 0) is 14.3 Å². The fraction of sp³-hybridized carbons (Fsp3) is 0.625. The second-order valence-electron chi connectivity index (χ2n) is 6.30. The Balaban J connectivity index is 1.69. The summed E-state index contributed by atoms with van der Waals surface area (Å²) in [7, 11) is 0. The Bertz CT molecular complexity index is 514. The van der Waals surface area contributed by atoms with Gasteiger partial charge in [-0.25, -0.2) is 0 Å². The summed E-state index contributed by atoms with van der Waals surface area (Å²) in [6.45, 7) is 0.505. The molecular formula is C16H18O3. The number of rotatable bonds is 0. The van der Waals surface area contributed by atoms with Crippen LogP contribution in [0.5, 0.6) is 0 Å². The Hall–Kier alpha value is -1.38. The van der Waals surface area contributed by atoms with E-state index in [0.29, 0.717) is 31.1 Å². The highest BCUT2D eigenvalue weighted by Crippen LogP contribution is 2.50. The van der Waals surface area contributed by atoms with Crippen molar-refractivity contribution in [3.63, 3.8) is 0 Å². The van der Waals surface area contributed by atoms with E-state index in [1.54, 1.807) is 0 Å². The Kier molecular flexibility index (Phi) is 2.44. The van der Waals surface area contributed by atoms with Gasteiger partial charge >= 0.3 is 5.97 Å². The minimum atomic E-state index is -0.131. The molecule has 0 spiro atoms. The highest BCUT2D eigenvalue weighted by Gasteiger charge is 2.48. The molecule has 100 valence electrons. The fourth-order valence-corrected chi connectivity index (χ4v) is 4.49. The molecule has 3 heteroatoms. The number of Topliss-reactive ketones (excluding diaryl/α,β-unsaturated/α-hetero) is 1. The molecule has 4 unspecified atom stereocenters. The molecular weight excluding hydrogens is 240 g/mol. The van der Waals surface area contributed by atoms with Gasteiger partial charge < -0.3 is 4.74 Å². The maximum Gasteiger partial charge on any atom is 0.306 e. The first-order valence-corrected chi connectivity index (χ1v) is 7.32. The van der Waals surface area contributed by atoms with Gasteiger partial charge in [-0.15, -0.1) is 0 Å². The predicted octanol–water partition coefficient (Wildman–Crippen LogP) is 2.42. The average Bonchev–Trinajstić information content (AvgIpc) is 2.86. The van der Waals surface area contributed by atoms with E-state index in [4.69, 9.17) is 4.74 Å². The lowest BCUT2D eigenvalue weighted by Gasteiger charge is -2.44. The first-order chi connectivity index (χ1) is 9.24. The number of ketones is 1. The van der Waals surface area contributed by atoms with Gasteiger partial charge in [-0.2, -0.15) is 0 Å². The van der Waals surface area contributed by atoms with Crippen molar-refractivity contribution >= 4 is 11.8 Å². The van der Waals surface area contributed by atoms with Crippen LogP contribution in [0.2, 0.25) is 0 Å². The van der Waals surface area contributed by atoms with Crippen molar-refractivity contribution in [3.8, 4) is 0 Å². The number of carbonyl (C=O) groups excluding carboxylic acids is 2. The van der Waals surface area contributed by atoms with E-state index in [-0.39, 0.29) is 23.7 Å². The molecule has 4 atom stereocenters. The summed E-state index contributed by atoms with van der Waals surface area (Å²) >= 11 is 0. The first kappa shape index (κ1) is 11.4. The molecule has 1 heterocycles. The van der Waals surface area contributed by atoms with Crippen molar-refractivity contribution in [2.24, 2.45) is 23.7 Å². The Morgan fingerprint density at radius 1 is 1.16 bits per heavy atom. The van der Waals surface area contributed by atoms with E-state index in [1.165, 1.54) is 17.6 Å². The number of ether oxygens (including phenoxy) is 1. The van der Waals surface area contributed by atoms with Crippen LogP contribution in [-0.4, -0.2) is 18.4 Å². The molecule has 2 fully saturated rings. The van der Waals surface area contributed by atoms with Crippen LogP contribution < -0.4 is 0 Å². The molecule has 19 heavy (non-hydrogen) atoms. The summed E-state index contributed by atoms with van der Waals surface area (Å²) < 4.78 is 5.24. The minimum Gasteiger partial charge on any atom is -0.465 e. The number of esters is 1. The van der Waals surface area contributed by atoms with E-state index in [0.717, 1.165) is 12.8 Å². The van der Waals surface area contributed by atoms with Crippen LogP contribution in [0.3, 0.4) is 0 Å². The van der Waals surface area contributed by atoms with Crippen LogP contribution in [0.25, 0.3) is 0 Å². The van der Waals surface area contributed by atoms with Gasteiger partial charge in [0.2, 0.25) is 0 Å². The van der Waals surface area contributed by atoms with E-state index in [9.17, 15) is 9.59 Å². The molecule has 4 rings (SSSR count).